The van der Waals surface area contributed by atoms with Crippen LogP contribution in [0.2, 0.25) is 0 Å². The van der Waals surface area contributed by atoms with Gasteiger partial charge in [-0.15, -0.1) is 0 Å². The summed E-state index contributed by atoms with van der Waals surface area (Å²) < 4.78 is 36.5. The number of aryl methyl sites for hydroxylation is 1. The Morgan fingerprint density at radius 2 is 2.05 bits per heavy atom. The van der Waals surface area contributed by atoms with Crippen LogP contribution >= 0.6 is 0 Å². The molecule has 0 fully saturated rings. The smallest absolute Gasteiger partial charge is 0.359 e. The van der Waals surface area contributed by atoms with E-state index < -0.39 is 12.6 Å². The van der Waals surface area contributed by atoms with Gasteiger partial charge in [-0.05, 0) is 30.7 Å². The van der Waals surface area contributed by atoms with Crippen LogP contribution in [0.15, 0.2) is 12.3 Å². The molecule has 0 aliphatic heterocycles. The van der Waals surface area contributed by atoms with E-state index in [1.165, 1.54) is 0 Å². The topological polar surface area (TPSA) is 28.2 Å². The minimum absolute atomic E-state index is 0.0795. The van der Waals surface area contributed by atoms with Gasteiger partial charge in [0, 0.05) is 26.3 Å². The van der Waals surface area contributed by atoms with Crippen LogP contribution in [0, 0.1) is 6.92 Å². The number of aromatic nitrogens is 1. The highest BCUT2D eigenvalue weighted by Crippen LogP contribution is 2.22. The van der Waals surface area contributed by atoms with E-state index >= 15 is 0 Å². The normalized spacial score (nSPS) is 11.7. The van der Waals surface area contributed by atoms with Gasteiger partial charge in [0.15, 0.2) is 0 Å². The Kier molecular flexibility index (Phi) is 5.60. The Bertz CT molecular complexity index is 405. The fourth-order valence-corrected chi connectivity index (χ4v) is 1.79. The summed E-state index contributed by atoms with van der Waals surface area (Å²) in [5, 5.41) is 3.18. The van der Waals surface area contributed by atoms with Gasteiger partial charge in [-0.25, -0.2) is 4.98 Å². The average Bonchev–Trinajstić information content (AvgIpc) is 2.32. The zero-order valence-electron chi connectivity index (χ0n) is 11.5. The summed E-state index contributed by atoms with van der Waals surface area (Å²) in [6.07, 6.45) is -3.26. The van der Waals surface area contributed by atoms with Gasteiger partial charge < -0.3 is 10.2 Å². The number of anilines is 1. The molecule has 1 aromatic heterocycles. The SMILES string of the molecule is CCNCc1cnc(N(C)CCC(F)(F)F)c(C)c1. The standard InChI is InChI=1S/C13H20F3N3/c1-4-17-8-11-7-10(2)12(18-9-11)19(3)6-5-13(14,15)16/h7,9,17H,4-6,8H2,1-3H3. The van der Waals surface area contributed by atoms with E-state index in [1.807, 2.05) is 19.9 Å². The molecule has 0 radical (unpaired) electrons. The molecule has 3 nitrogen and oxygen atoms in total. The largest absolute Gasteiger partial charge is 0.390 e. The molecular weight excluding hydrogens is 255 g/mol. The first-order valence-corrected chi connectivity index (χ1v) is 6.27. The van der Waals surface area contributed by atoms with E-state index in [0.29, 0.717) is 5.82 Å². The van der Waals surface area contributed by atoms with Crippen molar-refractivity contribution >= 4 is 5.82 Å². The van der Waals surface area contributed by atoms with Crippen LogP contribution in [-0.4, -0.2) is 31.3 Å². The lowest BCUT2D eigenvalue weighted by molar-refractivity contribution is -0.132. The van der Waals surface area contributed by atoms with Crippen molar-refractivity contribution in [1.29, 1.82) is 0 Å². The van der Waals surface area contributed by atoms with Crippen LogP contribution in [0.5, 0.6) is 0 Å². The number of rotatable bonds is 6. The Morgan fingerprint density at radius 1 is 1.37 bits per heavy atom. The maximum atomic E-state index is 12.2. The van der Waals surface area contributed by atoms with Crippen LogP contribution in [0.25, 0.3) is 0 Å². The summed E-state index contributed by atoms with van der Waals surface area (Å²) in [5.41, 5.74) is 1.92. The zero-order chi connectivity index (χ0) is 14.5. The molecule has 1 N–H and O–H groups in total. The number of alkyl halides is 3. The third kappa shape index (κ3) is 5.46. The second-order valence-electron chi connectivity index (χ2n) is 4.55. The highest BCUT2D eigenvalue weighted by Gasteiger charge is 2.27. The van der Waals surface area contributed by atoms with Crippen molar-refractivity contribution in [3.05, 3.63) is 23.4 Å². The number of pyridine rings is 1. The summed E-state index contributed by atoms with van der Waals surface area (Å²) in [6.45, 7) is 5.38. The molecule has 0 aliphatic carbocycles. The second kappa shape index (κ2) is 6.75. The van der Waals surface area contributed by atoms with E-state index in [0.717, 1.165) is 24.2 Å². The number of hydrogen-bond acceptors (Lipinski definition) is 3. The minimum atomic E-state index is -4.13. The van der Waals surface area contributed by atoms with Crippen molar-refractivity contribution in [3.8, 4) is 0 Å². The maximum Gasteiger partial charge on any atom is 0.390 e. The van der Waals surface area contributed by atoms with E-state index in [2.05, 4.69) is 10.3 Å². The van der Waals surface area contributed by atoms with Gasteiger partial charge in [-0.2, -0.15) is 13.2 Å². The predicted octanol–water partition coefficient (Wildman–Crippen LogP) is 2.89. The Hall–Kier alpha value is -1.30. The number of nitrogens with zero attached hydrogens (tertiary/aromatic N) is 2. The molecule has 1 heterocycles. The van der Waals surface area contributed by atoms with Crippen LogP contribution < -0.4 is 10.2 Å². The monoisotopic (exact) mass is 275 g/mol. The van der Waals surface area contributed by atoms with E-state index in [4.69, 9.17) is 0 Å². The Labute approximate surface area is 111 Å². The highest BCUT2D eigenvalue weighted by molar-refractivity contribution is 5.46. The van der Waals surface area contributed by atoms with Crippen molar-refractivity contribution in [2.24, 2.45) is 0 Å². The lowest BCUT2D eigenvalue weighted by atomic mass is 10.2. The first-order valence-electron chi connectivity index (χ1n) is 6.27. The molecule has 1 rings (SSSR count). The molecule has 6 heteroatoms. The number of halogens is 3. The molecule has 0 saturated heterocycles. The summed E-state index contributed by atoms with van der Waals surface area (Å²) in [5.74, 6) is 0.601. The van der Waals surface area contributed by atoms with E-state index in [1.54, 1.807) is 18.1 Å². The maximum absolute atomic E-state index is 12.2. The number of hydrogen-bond donors (Lipinski definition) is 1. The summed E-state index contributed by atoms with van der Waals surface area (Å²) in [7, 11) is 1.63. The molecular formula is C13H20F3N3. The Morgan fingerprint density at radius 3 is 2.58 bits per heavy atom. The van der Waals surface area contributed by atoms with Crippen LogP contribution in [-0.2, 0) is 6.54 Å². The van der Waals surface area contributed by atoms with Crippen molar-refractivity contribution < 1.29 is 13.2 Å². The van der Waals surface area contributed by atoms with Crippen molar-refractivity contribution in [2.45, 2.75) is 33.0 Å². The lowest BCUT2D eigenvalue weighted by Crippen LogP contribution is -2.25. The third-order valence-electron chi connectivity index (χ3n) is 2.78. The van der Waals surface area contributed by atoms with Gasteiger partial charge >= 0.3 is 6.18 Å². The summed E-state index contributed by atoms with van der Waals surface area (Å²) in [6, 6.07) is 1.95. The Balaban J connectivity index is 2.67. The van der Waals surface area contributed by atoms with Crippen molar-refractivity contribution in [2.75, 3.05) is 25.0 Å². The number of nitrogens with one attached hydrogen (secondary N) is 1. The van der Waals surface area contributed by atoms with Gasteiger partial charge in [0.1, 0.15) is 5.82 Å². The molecule has 0 unspecified atom stereocenters. The zero-order valence-corrected chi connectivity index (χ0v) is 11.5. The molecule has 0 aliphatic rings. The summed E-state index contributed by atoms with van der Waals surface area (Å²) >= 11 is 0. The van der Waals surface area contributed by atoms with E-state index in [9.17, 15) is 13.2 Å². The van der Waals surface area contributed by atoms with Crippen molar-refractivity contribution in [3.63, 3.8) is 0 Å². The van der Waals surface area contributed by atoms with Gasteiger partial charge in [0.2, 0.25) is 0 Å². The van der Waals surface area contributed by atoms with Gasteiger partial charge in [0.25, 0.3) is 0 Å². The first kappa shape index (κ1) is 15.8. The van der Waals surface area contributed by atoms with Gasteiger partial charge in [-0.1, -0.05) is 6.92 Å². The fraction of sp³-hybridized carbons (Fsp3) is 0.615. The quantitative estimate of drug-likeness (QED) is 0.865. The fourth-order valence-electron chi connectivity index (χ4n) is 1.79. The third-order valence-corrected chi connectivity index (χ3v) is 2.78. The first-order chi connectivity index (χ1) is 8.83. The van der Waals surface area contributed by atoms with Crippen LogP contribution in [0.1, 0.15) is 24.5 Å². The van der Waals surface area contributed by atoms with Crippen LogP contribution in [0.4, 0.5) is 19.0 Å². The average molecular weight is 275 g/mol. The molecule has 0 spiro atoms. The highest BCUT2D eigenvalue weighted by atomic mass is 19.4. The van der Waals surface area contributed by atoms with Crippen LogP contribution in [0.3, 0.4) is 0 Å². The molecule has 0 atom stereocenters. The minimum Gasteiger partial charge on any atom is -0.359 e. The molecule has 19 heavy (non-hydrogen) atoms. The summed E-state index contributed by atoms with van der Waals surface area (Å²) in [4.78, 5) is 5.79. The molecule has 0 amide bonds. The molecule has 108 valence electrons. The molecule has 0 aromatic carbocycles. The van der Waals surface area contributed by atoms with Crippen molar-refractivity contribution in [1.82, 2.24) is 10.3 Å². The van der Waals surface area contributed by atoms with Gasteiger partial charge in [0.05, 0.1) is 6.42 Å². The van der Waals surface area contributed by atoms with E-state index in [-0.39, 0.29) is 6.54 Å². The molecule has 0 saturated carbocycles. The predicted molar refractivity (Wildman–Crippen MR) is 70.3 cm³/mol. The molecule has 0 bridgehead atoms. The lowest BCUT2D eigenvalue weighted by Gasteiger charge is -2.21. The molecule has 1 aromatic rings. The second-order valence-corrected chi connectivity index (χ2v) is 4.55. The van der Waals surface area contributed by atoms with Gasteiger partial charge in [-0.3, -0.25) is 0 Å².